The zero-order valence-electron chi connectivity index (χ0n) is 13.7. The van der Waals surface area contributed by atoms with Gasteiger partial charge in [-0.1, -0.05) is 0 Å². The zero-order valence-corrected chi connectivity index (χ0v) is 13.7. The Bertz CT molecular complexity index is 1070. The van der Waals surface area contributed by atoms with Crippen LogP contribution in [0.3, 0.4) is 0 Å². The lowest BCUT2D eigenvalue weighted by atomic mass is 10.1. The Hall–Kier alpha value is -3.29. The summed E-state index contributed by atoms with van der Waals surface area (Å²) < 4.78 is 20.2. The van der Waals surface area contributed by atoms with Crippen molar-refractivity contribution in [2.75, 3.05) is 14.2 Å². The van der Waals surface area contributed by atoms with Gasteiger partial charge in [0.05, 0.1) is 14.2 Å². The number of carbonyl (C=O) groups is 2. The molecule has 2 heterocycles. The summed E-state index contributed by atoms with van der Waals surface area (Å²) in [5, 5.41) is 9.80. The first-order chi connectivity index (χ1) is 11.9. The van der Waals surface area contributed by atoms with E-state index in [4.69, 9.17) is 8.83 Å². The second kappa shape index (κ2) is 5.97. The van der Waals surface area contributed by atoms with E-state index < -0.39 is 23.1 Å². The highest BCUT2D eigenvalue weighted by Gasteiger charge is 2.28. The van der Waals surface area contributed by atoms with Crippen molar-refractivity contribution in [2.24, 2.45) is 0 Å². The SMILES string of the molecule is COC(=O)Cc1oc(C(=O)OC)c2c(=O)c3c(O)cc(C)cc3oc12. The van der Waals surface area contributed by atoms with Crippen molar-refractivity contribution in [3.05, 3.63) is 39.4 Å². The number of aromatic hydroxyl groups is 1. The first-order valence-corrected chi connectivity index (χ1v) is 7.24. The van der Waals surface area contributed by atoms with E-state index in [1.807, 2.05) is 0 Å². The van der Waals surface area contributed by atoms with Crippen LogP contribution in [0.15, 0.2) is 25.8 Å². The molecule has 0 unspecified atom stereocenters. The topological polar surface area (TPSA) is 116 Å². The molecule has 25 heavy (non-hydrogen) atoms. The van der Waals surface area contributed by atoms with Gasteiger partial charge in [0.1, 0.15) is 28.5 Å². The summed E-state index contributed by atoms with van der Waals surface area (Å²) in [6, 6.07) is 2.96. The normalized spacial score (nSPS) is 11.0. The summed E-state index contributed by atoms with van der Waals surface area (Å²) in [6.07, 6.45) is -0.337. The van der Waals surface area contributed by atoms with Gasteiger partial charge in [-0.05, 0) is 24.6 Å². The number of esters is 2. The molecule has 0 radical (unpaired) electrons. The van der Waals surface area contributed by atoms with Crippen LogP contribution in [0.25, 0.3) is 21.9 Å². The molecule has 0 aliphatic carbocycles. The van der Waals surface area contributed by atoms with Crippen LogP contribution in [-0.4, -0.2) is 31.3 Å². The Balaban J connectivity index is 2.45. The van der Waals surface area contributed by atoms with Gasteiger partial charge >= 0.3 is 11.9 Å². The van der Waals surface area contributed by atoms with Crippen molar-refractivity contribution in [1.29, 1.82) is 0 Å². The van der Waals surface area contributed by atoms with E-state index in [-0.39, 0.29) is 39.9 Å². The molecule has 0 saturated carbocycles. The summed E-state index contributed by atoms with van der Waals surface area (Å²) in [5.41, 5.74) is 0.0550. The van der Waals surface area contributed by atoms with E-state index in [1.54, 1.807) is 13.0 Å². The molecule has 2 aromatic heterocycles. The third-order valence-corrected chi connectivity index (χ3v) is 3.73. The van der Waals surface area contributed by atoms with E-state index in [2.05, 4.69) is 9.47 Å². The molecule has 0 amide bonds. The van der Waals surface area contributed by atoms with Gasteiger partial charge in [0.25, 0.3) is 0 Å². The monoisotopic (exact) mass is 346 g/mol. The van der Waals surface area contributed by atoms with Crippen LogP contribution in [0.5, 0.6) is 5.75 Å². The van der Waals surface area contributed by atoms with Gasteiger partial charge in [-0.2, -0.15) is 0 Å². The van der Waals surface area contributed by atoms with Crippen molar-refractivity contribution in [3.63, 3.8) is 0 Å². The Morgan fingerprint density at radius 1 is 1.12 bits per heavy atom. The summed E-state index contributed by atoms with van der Waals surface area (Å²) >= 11 is 0. The maximum atomic E-state index is 12.8. The first kappa shape index (κ1) is 16.6. The average molecular weight is 346 g/mol. The van der Waals surface area contributed by atoms with E-state index in [9.17, 15) is 19.5 Å². The van der Waals surface area contributed by atoms with Crippen molar-refractivity contribution in [1.82, 2.24) is 0 Å². The predicted octanol–water partition coefficient (Wildman–Crippen LogP) is 2.06. The van der Waals surface area contributed by atoms with Crippen LogP contribution >= 0.6 is 0 Å². The Morgan fingerprint density at radius 3 is 2.48 bits per heavy atom. The fourth-order valence-corrected chi connectivity index (χ4v) is 2.61. The molecule has 1 aromatic carbocycles. The number of hydrogen-bond donors (Lipinski definition) is 1. The summed E-state index contributed by atoms with van der Waals surface area (Å²) in [7, 11) is 2.32. The van der Waals surface area contributed by atoms with Crippen LogP contribution in [0.2, 0.25) is 0 Å². The minimum atomic E-state index is -0.903. The number of phenolic OH excluding ortho intramolecular Hbond substituents is 1. The van der Waals surface area contributed by atoms with Gasteiger partial charge in [-0.3, -0.25) is 9.59 Å². The quantitative estimate of drug-likeness (QED) is 0.716. The number of benzene rings is 1. The summed E-state index contributed by atoms with van der Waals surface area (Å²) in [5.74, 6) is -2.26. The highest BCUT2D eigenvalue weighted by Crippen LogP contribution is 2.32. The first-order valence-electron chi connectivity index (χ1n) is 7.24. The van der Waals surface area contributed by atoms with E-state index in [0.717, 1.165) is 7.11 Å². The van der Waals surface area contributed by atoms with Crippen LogP contribution in [0.1, 0.15) is 21.9 Å². The van der Waals surface area contributed by atoms with Crippen molar-refractivity contribution in [3.8, 4) is 5.75 Å². The predicted molar refractivity (Wildman–Crippen MR) is 85.7 cm³/mol. The summed E-state index contributed by atoms with van der Waals surface area (Å²) in [6.45, 7) is 1.72. The van der Waals surface area contributed by atoms with E-state index in [0.29, 0.717) is 5.56 Å². The van der Waals surface area contributed by atoms with Crippen molar-refractivity contribution in [2.45, 2.75) is 13.3 Å². The average Bonchev–Trinajstić information content (AvgIpc) is 2.92. The molecule has 8 heteroatoms. The van der Waals surface area contributed by atoms with Gasteiger partial charge in [0.15, 0.2) is 11.3 Å². The third-order valence-electron chi connectivity index (χ3n) is 3.73. The van der Waals surface area contributed by atoms with Crippen molar-refractivity contribution >= 4 is 33.9 Å². The maximum Gasteiger partial charge on any atom is 0.374 e. The number of methoxy groups -OCH3 is 2. The van der Waals surface area contributed by atoms with Gasteiger partial charge in [-0.25, -0.2) is 4.79 Å². The molecule has 0 fully saturated rings. The smallest absolute Gasteiger partial charge is 0.374 e. The molecule has 0 bridgehead atoms. The van der Waals surface area contributed by atoms with Crippen LogP contribution in [-0.2, 0) is 20.7 Å². The highest BCUT2D eigenvalue weighted by molar-refractivity contribution is 6.05. The molecule has 0 atom stereocenters. The van der Waals surface area contributed by atoms with Gasteiger partial charge in [0.2, 0.25) is 11.2 Å². The van der Waals surface area contributed by atoms with Gasteiger partial charge in [0, 0.05) is 0 Å². The molecule has 8 nitrogen and oxygen atoms in total. The number of ether oxygens (including phenoxy) is 2. The molecule has 0 spiro atoms. The molecular weight excluding hydrogens is 332 g/mol. The van der Waals surface area contributed by atoms with E-state index >= 15 is 0 Å². The second-order valence-electron chi connectivity index (χ2n) is 5.39. The fraction of sp³-hybridized carbons (Fsp3) is 0.235. The lowest BCUT2D eigenvalue weighted by Crippen LogP contribution is -2.08. The number of aryl methyl sites for hydroxylation is 1. The number of phenols is 1. The number of rotatable bonds is 3. The van der Waals surface area contributed by atoms with Crippen LogP contribution in [0.4, 0.5) is 0 Å². The number of furan rings is 1. The minimum Gasteiger partial charge on any atom is -0.507 e. The van der Waals surface area contributed by atoms with E-state index in [1.165, 1.54) is 13.2 Å². The molecule has 0 aliphatic rings. The Kier molecular flexibility index (Phi) is 3.96. The molecule has 1 N–H and O–H groups in total. The van der Waals surface area contributed by atoms with Crippen LogP contribution < -0.4 is 5.43 Å². The molecule has 0 aliphatic heterocycles. The third kappa shape index (κ3) is 2.61. The Labute approximate surface area is 140 Å². The fourth-order valence-electron chi connectivity index (χ4n) is 2.61. The minimum absolute atomic E-state index is 0.0396. The maximum absolute atomic E-state index is 12.8. The molecule has 0 saturated heterocycles. The Morgan fingerprint density at radius 2 is 1.84 bits per heavy atom. The number of hydrogen-bond acceptors (Lipinski definition) is 8. The largest absolute Gasteiger partial charge is 0.507 e. The molecule has 3 aromatic rings. The molecule has 3 rings (SSSR count). The van der Waals surface area contributed by atoms with Crippen LogP contribution in [0, 0.1) is 6.92 Å². The molecule has 130 valence electrons. The number of carbonyl (C=O) groups excluding carboxylic acids is 2. The standard InChI is InChI=1S/C17H14O8/c1-7-4-8(18)12-9(5-7)24-15-10(6-11(19)22-2)25-16(17(21)23-3)13(15)14(12)20/h4-5,18H,6H2,1-3H3. The summed E-state index contributed by atoms with van der Waals surface area (Å²) in [4.78, 5) is 36.3. The number of fused-ring (bicyclic) bond motifs is 2. The lowest BCUT2D eigenvalue weighted by molar-refractivity contribution is -0.140. The second-order valence-corrected chi connectivity index (χ2v) is 5.39. The lowest BCUT2D eigenvalue weighted by Gasteiger charge is -2.03. The van der Waals surface area contributed by atoms with Crippen molar-refractivity contribution < 1.29 is 33.0 Å². The van der Waals surface area contributed by atoms with Gasteiger partial charge < -0.3 is 23.4 Å². The zero-order chi connectivity index (χ0) is 18.3. The molecular formula is C17H14O8. The highest BCUT2D eigenvalue weighted by atomic mass is 16.5. The van der Waals surface area contributed by atoms with Gasteiger partial charge in [-0.15, -0.1) is 0 Å².